The van der Waals surface area contributed by atoms with Gasteiger partial charge in [-0.25, -0.2) is 9.59 Å². The lowest BCUT2D eigenvalue weighted by molar-refractivity contribution is -0.162. The summed E-state index contributed by atoms with van der Waals surface area (Å²) < 4.78 is 22.3. The largest absolute Gasteiger partial charge is 0.479 e. The van der Waals surface area contributed by atoms with E-state index in [-0.39, 0.29) is 24.3 Å². The van der Waals surface area contributed by atoms with Crippen LogP contribution in [0.25, 0.3) is 0 Å². The minimum absolute atomic E-state index is 0.0212. The second kappa shape index (κ2) is 15.8. The van der Waals surface area contributed by atoms with Crippen molar-refractivity contribution in [3.8, 4) is 5.75 Å². The van der Waals surface area contributed by atoms with Crippen LogP contribution in [0.5, 0.6) is 5.75 Å². The Kier molecular flexibility index (Phi) is 13.2. The number of amides is 2. The van der Waals surface area contributed by atoms with E-state index < -0.39 is 11.7 Å². The van der Waals surface area contributed by atoms with Crippen molar-refractivity contribution in [2.75, 3.05) is 33.9 Å². The summed E-state index contributed by atoms with van der Waals surface area (Å²) in [5.74, 6) is 0.637. The first-order valence-electron chi connectivity index (χ1n) is 14.3. The first-order chi connectivity index (χ1) is 18.9. The van der Waals surface area contributed by atoms with Crippen LogP contribution >= 0.6 is 0 Å². The molecule has 4 unspecified atom stereocenters. The summed E-state index contributed by atoms with van der Waals surface area (Å²) in [6, 6.07) is 7.69. The van der Waals surface area contributed by atoms with E-state index in [0.717, 1.165) is 36.8 Å². The van der Waals surface area contributed by atoms with Crippen LogP contribution in [0.1, 0.15) is 66.4 Å². The predicted octanol–water partition coefficient (Wildman–Crippen LogP) is 6.00. The van der Waals surface area contributed by atoms with Crippen LogP contribution in [-0.4, -0.2) is 79.7 Å². The van der Waals surface area contributed by atoms with E-state index in [4.69, 9.17) is 18.9 Å². The molecule has 40 heavy (non-hydrogen) atoms. The van der Waals surface area contributed by atoms with Crippen molar-refractivity contribution in [3.63, 3.8) is 0 Å². The molecule has 1 aromatic carbocycles. The number of carbonyl (C=O) groups is 2. The fraction of sp³-hybridized carbons (Fsp3) is 0.625. The Balaban J connectivity index is 1.97. The predicted molar refractivity (Wildman–Crippen MR) is 158 cm³/mol. The summed E-state index contributed by atoms with van der Waals surface area (Å²) in [5.41, 5.74) is 1.76. The molecule has 8 heteroatoms. The van der Waals surface area contributed by atoms with Crippen LogP contribution in [-0.2, 0) is 25.4 Å². The van der Waals surface area contributed by atoms with Crippen LogP contribution in [0.2, 0.25) is 0 Å². The zero-order chi connectivity index (χ0) is 29.9. The highest BCUT2D eigenvalue weighted by Crippen LogP contribution is 2.28. The lowest BCUT2D eigenvalue weighted by Crippen LogP contribution is -2.39. The second-order valence-electron chi connectivity index (χ2n) is 11.6. The van der Waals surface area contributed by atoms with Gasteiger partial charge in [0, 0.05) is 27.3 Å². The highest BCUT2D eigenvalue weighted by molar-refractivity contribution is 5.78. The first kappa shape index (κ1) is 33.4. The third-order valence-electron chi connectivity index (χ3n) is 7.05. The number of ether oxygens (including phenoxy) is 4. The van der Waals surface area contributed by atoms with Crippen LogP contribution in [0, 0.1) is 5.92 Å². The molecule has 1 fully saturated rings. The van der Waals surface area contributed by atoms with Gasteiger partial charge in [-0.1, -0.05) is 43.4 Å². The number of carbonyl (C=O) groups excluding carboxylic acids is 2. The quantitative estimate of drug-likeness (QED) is 0.183. The number of hydrogen-bond donors (Lipinski definition) is 0. The Morgan fingerprint density at radius 2 is 1.77 bits per heavy atom. The Hall–Kier alpha value is -2.84. The normalized spacial score (nSPS) is 19.2. The third-order valence-corrected chi connectivity index (χ3v) is 7.05. The number of urea groups is 1. The van der Waals surface area contributed by atoms with E-state index in [2.05, 4.69) is 19.6 Å². The molecule has 2 amide bonds. The number of aryl methyl sites for hydroxylation is 1. The minimum Gasteiger partial charge on any atom is -0.479 e. The molecule has 0 saturated carbocycles. The molecule has 1 aromatic rings. The van der Waals surface area contributed by atoms with Crippen LogP contribution in [0.3, 0.4) is 0 Å². The summed E-state index contributed by atoms with van der Waals surface area (Å²) in [7, 11) is 3.32. The molecule has 4 atom stereocenters. The van der Waals surface area contributed by atoms with Gasteiger partial charge < -0.3 is 23.8 Å². The van der Waals surface area contributed by atoms with Crippen LogP contribution in [0.15, 0.2) is 48.6 Å². The zero-order valence-electron chi connectivity index (χ0n) is 25.8. The molecule has 0 N–H and O–H groups in total. The van der Waals surface area contributed by atoms with Crippen molar-refractivity contribution in [1.29, 1.82) is 0 Å². The number of hydrogen-bond acceptors (Lipinski definition) is 6. The van der Waals surface area contributed by atoms with Crippen molar-refractivity contribution in [2.24, 2.45) is 5.92 Å². The van der Waals surface area contributed by atoms with E-state index in [1.807, 2.05) is 62.9 Å². The summed E-state index contributed by atoms with van der Waals surface area (Å²) in [5, 5.41) is 0. The van der Waals surface area contributed by atoms with Gasteiger partial charge in [-0.15, -0.1) is 0 Å². The molecular formula is C32H50N2O6. The van der Waals surface area contributed by atoms with Gasteiger partial charge in [0.25, 0.3) is 0 Å². The monoisotopic (exact) mass is 558 g/mol. The summed E-state index contributed by atoms with van der Waals surface area (Å²) in [6.07, 6.45) is 6.58. The standard InChI is InChI=1S/C32H50N2O6/c1-23(2)24(3)13-10-11-20-34-29(38-9)28(33(31(34)36)21-22-37-8)15-12-14-26-16-18-27(19-17-26)39-25(4)30(35)40-32(5,6)7/h10-11,16-19,24-25,28-29H,1,12-15,20-22H2,2-9H3/b11-10+. The fourth-order valence-electron chi connectivity index (χ4n) is 4.57. The van der Waals surface area contributed by atoms with E-state index in [9.17, 15) is 9.59 Å². The number of methoxy groups -OCH3 is 2. The molecule has 0 spiro atoms. The Morgan fingerprint density at radius 1 is 1.10 bits per heavy atom. The lowest BCUT2D eigenvalue weighted by atomic mass is 10.0. The average Bonchev–Trinajstić information content (AvgIpc) is 3.14. The summed E-state index contributed by atoms with van der Waals surface area (Å²) in [4.78, 5) is 29.2. The van der Waals surface area contributed by atoms with Gasteiger partial charge in [-0.05, 0) is 83.9 Å². The summed E-state index contributed by atoms with van der Waals surface area (Å²) in [6.45, 7) is 16.9. The SMILES string of the molecule is C=C(C)C(C)C/C=C/CN1C(=O)N(CCOC)C(CCCc2ccc(OC(C)C(=O)OC(C)(C)C)cc2)C1OC. The van der Waals surface area contributed by atoms with Crippen LogP contribution < -0.4 is 4.74 Å². The smallest absolute Gasteiger partial charge is 0.347 e. The van der Waals surface area contributed by atoms with Crippen molar-refractivity contribution >= 4 is 12.0 Å². The van der Waals surface area contributed by atoms with E-state index in [1.165, 1.54) is 0 Å². The first-order valence-corrected chi connectivity index (χ1v) is 14.3. The minimum atomic E-state index is -0.693. The van der Waals surface area contributed by atoms with E-state index in [0.29, 0.717) is 31.4 Å². The Bertz CT molecular complexity index is 984. The highest BCUT2D eigenvalue weighted by Gasteiger charge is 2.44. The number of nitrogens with zero attached hydrogens (tertiary/aromatic N) is 2. The van der Waals surface area contributed by atoms with Gasteiger partial charge in [0.1, 0.15) is 11.4 Å². The molecular weight excluding hydrogens is 508 g/mol. The maximum absolute atomic E-state index is 13.3. The van der Waals surface area contributed by atoms with Crippen molar-refractivity contribution in [1.82, 2.24) is 9.80 Å². The van der Waals surface area contributed by atoms with Gasteiger partial charge >= 0.3 is 12.0 Å². The van der Waals surface area contributed by atoms with Crippen molar-refractivity contribution < 1.29 is 28.5 Å². The van der Waals surface area contributed by atoms with Crippen molar-refractivity contribution in [2.45, 2.75) is 91.2 Å². The van der Waals surface area contributed by atoms with Crippen molar-refractivity contribution in [3.05, 3.63) is 54.1 Å². The third kappa shape index (κ3) is 10.3. The molecule has 8 nitrogen and oxygen atoms in total. The average molecular weight is 559 g/mol. The Morgan fingerprint density at radius 3 is 2.35 bits per heavy atom. The number of esters is 1. The molecule has 0 aromatic heterocycles. The molecule has 2 rings (SSSR count). The second-order valence-corrected chi connectivity index (χ2v) is 11.6. The summed E-state index contributed by atoms with van der Waals surface area (Å²) >= 11 is 0. The van der Waals surface area contributed by atoms with Gasteiger partial charge in [-0.3, -0.25) is 4.90 Å². The molecule has 1 aliphatic heterocycles. The van der Waals surface area contributed by atoms with Gasteiger partial charge in [0.15, 0.2) is 12.3 Å². The molecule has 0 aliphatic carbocycles. The zero-order valence-corrected chi connectivity index (χ0v) is 25.8. The lowest BCUT2D eigenvalue weighted by Gasteiger charge is -2.26. The maximum atomic E-state index is 13.3. The van der Waals surface area contributed by atoms with E-state index >= 15 is 0 Å². The van der Waals surface area contributed by atoms with Gasteiger partial charge in [-0.2, -0.15) is 0 Å². The van der Waals surface area contributed by atoms with Gasteiger partial charge in [0.2, 0.25) is 0 Å². The number of rotatable bonds is 16. The molecule has 0 radical (unpaired) electrons. The number of allylic oxidation sites excluding steroid dienone is 2. The Labute approximate surface area is 241 Å². The van der Waals surface area contributed by atoms with Gasteiger partial charge in [0.05, 0.1) is 12.6 Å². The molecule has 1 saturated heterocycles. The molecule has 224 valence electrons. The maximum Gasteiger partial charge on any atom is 0.347 e. The topological polar surface area (TPSA) is 77.5 Å². The fourth-order valence-corrected chi connectivity index (χ4v) is 4.57. The van der Waals surface area contributed by atoms with E-state index in [1.54, 1.807) is 26.0 Å². The molecule has 1 heterocycles. The molecule has 1 aliphatic rings. The molecule has 0 bridgehead atoms. The van der Waals surface area contributed by atoms with Crippen LogP contribution in [0.4, 0.5) is 4.79 Å². The highest BCUT2D eigenvalue weighted by atomic mass is 16.6. The number of benzene rings is 1.